The molecule has 42 heavy (non-hydrogen) atoms. The van der Waals surface area contributed by atoms with Crippen LogP contribution in [0.3, 0.4) is 0 Å². The van der Waals surface area contributed by atoms with Crippen LogP contribution in [0.5, 0.6) is 0 Å². The third-order valence-corrected chi connectivity index (χ3v) is 7.68. The van der Waals surface area contributed by atoms with Crippen molar-refractivity contribution in [2.24, 2.45) is 0 Å². The Hall–Kier alpha value is -2.94. The van der Waals surface area contributed by atoms with Gasteiger partial charge in [-0.2, -0.15) is 0 Å². The van der Waals surface area contributed by atoms with Gasteiger partial charge in [0.15, 0.2) is 0 Å². The van der Waals surface area contributed by atoms with E-state index in [9.17, 15) is 0 Å². The van der Waals surface area contributed by atoms with Crippen LogP contribution in [0.2, 0.25) is 0 Å². The van der Waals surface area contributed by atoms with Gasteiger partial charge in [-0.1, -0.05) is 131 Å². The minimum absolute atomic E-state index is 0.0907. The third-order valence-electron chi connectivity index (χ3n) is 7.68. The number of epoxide rings is 2. The molecule has 2 heteroatoms. The summed E-state index contributed by atoms with van der Waals surface area (Å²) in [6, 6.07) is 0. The maximum Gasteiger partial charge on any atom is 0.0892 e. The Labute approximate surface area is 258 Å². The second-order valence-electron chi connectivity index (χ2n) is 13.0. The monoisotopic (exact) mass is 568 g/mol. The lowest BCUT2D eigenvalue weighted by Gasteiger charge is -1.98. The van der Waals surface area contributed by atoms with Gasteiger partial charge >= 0.3 is 0 Å². The fraction of sp³-hybridized carbons (Fsp3) is 0.450. The highest BCUT2D eigenvalue weighted by Crippen LogP contribution is 2.39. The van der Waals surface area contributed by atoms with Gasteiger partial charge < -0.3 is 9.47 Å². The van der Waals surface area contributed by atoms with Crippen molar-refractivity contribution in [1.29, 1.82) is 0 Å². The van der Waals surface area contributed by atoms with Gasteiger partial charge in [-0.15, -0.1) is 0 Å². The van der Waals surface area contributed by atoms with Crippen molar-refractivity contribution in [2.45, 2.75) is 118 Å². The van der Waals surface area contributed by atoms with Crippen molar-refractivity contribution in [1.82, 2.24) is 0 Å². The molecule has 2 fully saturated rings. The topological polar surface area (TPSA) is 25.1 Å². The van der Waals surface area contributed by atoms with Crippen molar-refractivity contribution in [3.8, 4) is 0 Å². The van der Waals surface area contributed by atoms with Crippen molar-refractivity contribution in [3.63, 3.8) is 0 Å². The molecule has 228 valence electrons. The summed E-state index contributed by atoms with van der Waals surface area (Å²) in [6.45, 7) is 21.5. The van der Waals surface area contributed by atoms with E-state index in [-0.39, 0.29) is 11.2 Å². The molecule has 2 saturated heterocycles. The second-order valence-corrected chi connectivity index (χ2v) is 13.0. The number of allylic oxidation sites excluding steroid dienone is 22. The average molecular weight is 569 g/mol. The summed E-state index contributed by atoms with van der Waals surface area (Å²) in [5.41, 5.74) is 7.84. The Morgan fingerprint density at radius 1 is 0.452 bits per heavy atom. The van der Waals surface area contributed by atoms with Gasteiger partial charge in [-0.05, 0) is 94.9 Å². The molecule has 0 amide bonds. The smallest absolute Gasteiger partial charge is 0.0892 e. The van der Waals surface area contributed by atoms with E-state index >= 15 is 0 Å². The molecule has 2 rings (SSSR count). The van der Waals surface area contributed by atoms with Gasteiger partial charge in [-0.3, -0.25) is 0 Å². The van der Waals surface area contributed by atoms with E-state index in [1.54, 1.807) is 0 Å². The zero-order chi connectivity index (χ0) is 31.2. The number of hydrogen-bond acceptors (Lipinski definition) is 2. The molecule has 2 aliphatic heterocycles. The Balaban J connectivity index is 1.70. The molecule has 0 aliphatic carbocycles. The van der Waals surface area contributed by atoms with Crippen LogP contribution in [0.25, 0.3) is 0 Å². The van der Waals surface area contributed by atoms with Crippen molar-refractivity contribution in [2.75, 3.05) is 0 Å². The summed E-state index contributed by atoms with van der Waals surface area (Å²) in [5, 5.41) is 0. The summed E-state index contributed by atoms with van der Waals surface area (Å²) < 4.78 is 11.3. The van der Waals surface area contributed by atoms with Gasteiger partial charge in [0.05, 0.1) is 23.4 Å². The van der Waals surface area contributed by atoms with Crippen LogP contribution < -0.4 is 0 Å². The molecule has 2 nitrogen and oxygen atoms in total. The maximum absolute atomic E-state index is 5.67. The van der Waals surface area contributed by atoms with E-state index < -0.39 is 0 Å². The van der Waals surface area contributed by atoms with Crippen LogP contribution in [0.15, 0.2) is 131 Å². The van der Waals surface area contributed by atoms with E-state index in [1.807, 2.05) is 0 Å². The van der Waals surface area contributed by atoms with E-state index in [1.165, 1.54) is 33.4 Å². The van der Waals surface area contributed by atoms with Crippen LogP contribution in [0, 0.1) is 0 Å². The maximum atomic E-state index is 5.67. The van der Waals surface area contributed by atoms with Gasteiger partial charge in [0.25, 0.3) is 0 Å². The molecule has 0 aromatic rings. The van der Waals surface area contributed by atoms with Crippen molar-refractivity contribution in [3.05, 3.63) is 131 Å². The third kappa shape index (κ3) is 15.3. The average Bonchev–Trinajstić information content (AvgIpc) is 3.75. The van der Waals surface area contributed by atoms with E-state index in [2.05, 4.69) is 166 Å². The SMILES string of the molecule is CC(C=CC=C(C)C=CC=C(C)CCC1OC1(C)C)=CC=CC=C(C)C=CC=C(C)C=CC=C(C)CCC1OC1(C)C. The molecule has 0 radical (unpaired) electrons. The standard InChI is InChI=1S/C40H56O2/c1-31(19-13-21-33(3)23-15-25-35(5)27-29-37-39(7,8)41-37)17-11-12-18-32(2)20-14-22-34(4)24-16-26-36(6)28-30-38-40(9,10)42-38/h11-26,37-38H,27-30H2,1-10H3. The van der Waals surface area contributed by atoms with E-state index in [0.717, 1.165) is 25.7 Å². The molecule has 2 heterocycles. The molecular formula is C40H56O2. The number of ether oxygens (including phenoxy) is 2. The van der Waals surface area contributed by atoms with E-state index in [4.69, 9.17) is 9.47 Å². The lowest BCUT2D eigenvalue weighted by Crippen LogP contribution is -2.02. The highest BCUT2D eigenvalue weighted by Gasteiger charge is 2.47. The first-order chi connectivity index (χ1) is 19.8. The van der Waals surface area contributed by atoms with E-state index in [0.29, 0.717) is 12.2 Å². The summed E-state index contributed by atoms with van der Waals surface area (Å²) in [4.78, 5) is 0. The normalized spacial score (nSPS) is 24.0. The van der Waals surface area contributed by atoms with Crippen molar-refractivity contribution >= 4 is 0 Å². The lowest BCUT2D eigenvalue weighted by atomic mass is 10.0. The highest BCUT2D eigenvalue weighted by molar-refractivity contribution is 5.32. The van der Waals surface area contributed by atoms with Gasteiger partial charge in [0.2, 0.25) is 0 Å². The fourth-order valence-corrected chi connectivity index (χ4v) is 4.43. The van der Waals surface area contributed by atoms with Crippen LogP contribution in [0.1, 0.15) is 94.9 Å². The molecule has 2 aliphatic rings. The summed E-state index contributed by atoms with van der Waals surface area (Å²) in [7, 11) is 0. The lowest BCUT2D eigenvalue weighted by molar-refractivity contribution is 0.319. The molecule has 0 saturated carbocycles. The fourth-order valence-electron chi connectivity index (χ4n) is 4.43. The van der Waals surface area contributed by atoms with Gasteiger partial charge in [0, 0.05) is 0 Å². The first-order valence-corrected chi connectivity index (χ1v) is 15.5. The Kier molecular flexibility index (Phi) is 14.5. The molecular weight excluding hydrogens is 512 g/mol. The second kappa shape index (κ2) is 17.2. The van der Waals surface area contributed by atoms with Crippen LogP contribution in [-0.2, 0) is 9.47 Å². The van der Waals surface area contributed by atoms with Crippen LogP contribution in [0.4, 0.5) is 0 Å². The largest absolute Gasteiger partial charge is 0.367 e. The minimum Gasteiger partial charge on any atom is -0.367 e. The Bertz CT molecular complexity index is 1130. The zero-order valence-electron chi connectivity index (χ0n) is 28.0. The Morgan fingerprint density at radius 3 is 1.00 bits per heavy atom. The minimum atomic E-state index is 0.0907. The molecule has 2 unspecified atom stereocenters. The quantitative estimate of drug-likeness (QED) is 0.137. The predicted molar refractivity (Wildman–Crippen MR) is 185 cm³/mol. The first-order valence-electron chi connectivity index (χ1n) is 15.5. The molecule has 0 aromatic carbocycles. The molecule has 2 atom stereocenters. The highest BCUT2D eigenvalue weighted by atomic mass is 16.6. The van der Waals surface area contributed by atoms with Gasteiger partial charge in [0.1, 0.15) is 0 Å². The number of rotatable bonds is 16. The Morgan fingerprint density at radius 2 is 0.714 bits per heavy atom. The van der Waals surface area contributed by atoms with Crippen LogP contribution in [-0.4, -0.2) is 23.4 Å². The van der Waals surface area contributed by atoms with Crippen LogP contribution >= 0.6 is 0 Å². The molecule has 0 spiro atoms. The summed E-state index contributed by atoms with van der Waals surface area (Å²) >= 11 is 0. The predicted octanol–water partition coefficient (Wildman–Crippen LogP) is 11.4. The molecule has 0 aromatic heterocycles. The molecule has 0 bridgehead atoms. The van der Waals surface area contributed by atoms with Crippen molar-refractivity contribution < 1.29 is 9.47 Å². The zero-order valence-corrected chi connectivity index (χ0v) is 28.0. The first kappa shape index (κ1) is 35.3. The van der Waals surface area contributed by atoms with Gasteiger partial charge in [-0.25, -0.2) is 0 Å². The molecule has 0 N–H and O–H groups in total. The summed E-state index contributed by atoms with van der Waals surface area (Å²) in [5.74, 6) is 0. The summed E-state index contributed by atoms with van der Waals surface area (Å²) in [6.07, 6.45) is 39.5. The number of hydrogen-bond donors (Lipinski definition) is 0.